The van der Waals surface area contributed by atoms with E-state index in [1.54, 1.807) is 0 Å². The van der Waals surface area contributed by atoms with Gasteiger partial charge in [-0.3, -0.25) is 0 Å². The van der Waals surface area contributed by atoms with E-state index in [1.807, 2.05) is 6.07 Å². The van der Waals surface area contributed by atoms with Crippen molar-refractivity contribution in [1.82, 2.24) is 0 Å². The molecule has 2 heteroatoms. The molecule has 0 saturated heterocycles. The number of hydrogen-bond donors (Lipinski definition) is 0. The highest BCUT2D eigenvalue weighted by Crippen LogP contribution is 2.51. The van der Waals surface area contributed by atoms with E-state index in [-0.39, 0.29) is 5.41 Å². The van der Waals surface area contributed by atoms with Crippen LogP contribution in [0, 0.1) is 0 Å². The Kier molecular flexibility index (Phi) is 8.29. The van der Waals surface area contributed by atoms with E-state index in [2.05, 4.69) is 237 Å². The number of rotatable bonds is 6. The van der Waals surface area contributed by atoms with E-state index in [4.69, 9.17) is 4.42 Å². The number of para-hydroxylation sites is 1. The SMILES string of the molecule is CC1(C)c2ccccc2-c2ccc(N(c3ccc(-c4ccc5c6ccccc6c6c(ccc7oc8ccccc8c76)c5c4)cc3)c3cccc(-c4ccc(-c5ccccc5)cc4)c3)cc21. The minimum absolute atomic E-state index is 0.123. The summed E-state index contributed by atoms with van der Waals surface area (Å²) in [7, 11) is 0. The van der Waals surface area contributed by atoms with Gasteiger partial charge in [-0.25, -0.2) is 0 Å². The summed E-state index contributed by atoms with van der Waals surface area (Å²) in [6, 6.07) is 82.2. The van der Waals surface area contributed by atoms with Crippen LogP contribution in [0.15, 0.2) is 229 Å². The standard InChI is InChI=1S/C63H43NO/c1-63(2)57-21-10-8-18-51(57)52-34-32-48(39-58(52)63)64(47-16-12-15-44(37-47)42-25-23-41(24-26-42)40-13-4-3-5-14-40)46-30-27-43(28-31-46)45-29-33-50-49-17-6-7-19-53(49)61-54(56(50)38-45)35-36-60-62(61)55-20-9-11-22-59(55)65-60/h3-39H,1-2H3. The van der Waals surface area contributed by atoms with Gasteiger partial charge < -0.3 is 9.32 Å². The largest absolute Gasteiger partial charge is 0.456 e. The highest BCUT2D eigenvalue weighted by molar-refractivity contribution is 6.34. The Balaban J connectivity index is 0.938. The first-order valence-corrected chi connectivity index (χ1v) is 22.6. The Bertz CT molecular complexity index is 3840. The van der Waals surface area contributed by atoms with Crippen LogP contribution in [0.1, 0.15) is 25.0 Å². The third-order valence-corrected chi connectivity index (χ3v) is 14.1. The van der Waals surface area contributed by atoms with Crippen LogP contribution in [0.5, 0.6) is 0 Å². The van der Waals surface area contributed by atoms with Crippen LogP contribution in [0.2, 0.25) is 0 Å². The molecule has 0 N–H and O–H groups in total. The van der Waals surface area contributed by atoms with E-state index < -0.39 is 0 Å². The zero-order valence-corrected chi connectivity index (χ0v) is 36.2. The van der Waals surface area contributed by atoms with Crippen molar-refractivity contribution >= 4 is 71.3 Å². The van der Waals surface area contributed by atoms with Gasteiger partial charge in [0.1, 0.15) is 11.2 Å². The van der Waals surface area contributed by atoms with Gasteiger partial charge in [-0.15, -0.1) is 0 Å². The fourth-order valence-corrected chi connectivity index (χ4v) is 10.8. The molecule has 0 spiro atoms. The summed E-state index contributed by atoms with van der Waals surface area (Å²) in [5.74, 6) is 0. The Morgan fingerprint density at radius 1 is 0.308 bits per heavy atom. The molecule has 1 aromatic heterocycles. The minimum Gasteiger partial charge on any atom is -0.456 e. The Labute approximate surface area is 378 Å². The number of benzene rings is 11. The number of nitrogens with zero attached hydrogens (tertiary/aromatic N) is 1. The summed E-state index contributed by atoms with van der Waals surface area (Å²) in [5, 5.41) is 9.80. The maximum absolute atomic E-state index is 6.40. The smallest absolute Gasteiger partial charge is 0.136 e. The molecule has 65 heavy (non-hydrogen) atoms. The maximum Gasteiger partial charge on any atom is 0.136 e. The maximum atomic E-state index is 6.40. The van der Waals surface area contributed by atoms with Crippen LogP contribution < -0.4 is 4.90 Å². The van der Waals surface area contributed by atoms with E-state index >= 15 is 0 Å². The molecule has 0 saturated carbocycles. The molecule has 0 aliphatic heterocycles. The molecule has 1 aliphatic carbocycles. The van der Waals surface area contributed by atoms with E-state index in [0.717, 1.165) is 33.6 Å². The Morgan fingerprint density at radius 2 is 0.846 bits per heavy atom. The first-order chi connectivity index (χ1) is 32.0. The molecular formula is C63H43NO. The minimum atomic E-state index is -0.123. The van der Waals surface area contributed by atoms with Gasteiger partial charge in [0.15, 0.2) is 0 Å². The molecule has 0 bridgehead atoms. The molecule has 2 nitrogen and oxygen atoms in total. The van der Waals surface area contributed by atoms with Crippen LogP contribution >= 0.6 is 0 Å². The predicted octanol–water partition coefficient (Wildman–Crippen LogP) is 17.8. The molecule has 0 amide bonds. The molecule has 306 valence electrons. The Hall–Kier alpha value is -8.20. The van der Waals surface area contributed by atoms with E-state index in [0.29, 0.717) is 0 Å². The number of hydrogen-bond acceptors (Lipinski definition) is 2. The quantitative estimate of drug-likeness (QED) is 0.155. The van der Waals surface area contributed by atoms with Crippen molar-refractivity contribution in [3.05, 3.63) is 236 Å². The summed E-state index contributed by atoms with van der Waals surface area (Å²) in [4.78, 5) is 2.42. The van der Waals surface area contributed by atoms with Crippen LogP contribution in [0.3, 0.4) is 0 Å². The van der Waals surface area contributed by atoms with Crippen LogP contribution in [0.4, 0.5) is 17.1 Å². The topological polar surface area (TPSA) is 16.4 Å². The van der Waals surface area contributed by atoms with Crippen molar-refractivity contribution in [3.63, 3.8) is 0 Å². The first kappa shape index (κ1) is 37.4. The molecule has 11 aromatic carbocycles. The van der Waals surface area contributed by atoms with Crippen molar-refractivity contribution in [2.45, 2.75) is 19.3 Å². The summed E-state index contributed by atoms with van der Waals surface area (Å²) in [6.45, 7) is 4.71. The fraction of sp³-hybridized carbons (Fsp3) is 0.0476. The van der Waals surface area contributed by atoms with E-state index in [1.165, 1.54) is 93.3 Å². The summed E-state index contributed by atoms with van der Waals surface area (Å²) < 4.78 is 6.40. The predicted molar refractivity (Wildman–Crippen MR) is 275 cm³/mol. The van der Waals surface area contributed by atoms with Crippen LogP contribution in [0.25, 0.3) is 98.8 Å². The average Bonchev–Trinajstić information content (AvgIpc) is 3.86. The molecule has 1 heterocycles. The van der Waals surface area contributed by atoms with Gasteiger partial charge >= 0.3 is 0 Å². The van der Waals surface area contributed by atoms with Gasteiger partial charge in [0.25, 0.3) is 0 Å². The second kappa shape index (κ2) is 14.4. The normalized spacial score (nSPS) is 12.9. The molecule has 13 rings (SSSR count). The molecule has 0 fully saturated rings. The second-order valence-corrected chi connectivity index (χ2v) is 18.0. The summed E-state index contributed by atoms with van der Waals surface area (Å²) >= 11 is 0. The number of furan rings is 1. The van der Waals surface area contributed by atoms with Crippen LogP contribution in [-0.2, 0) is 5.41 Å². The van der Waals surface area contributed by atoms with Crippen molar-refractivity contribution in [2.24, 2.45) is 0 Å². The van der Waals surface area contributed by atoms with E-state index in [9.17, 15) is 0 Å². The molecule has 0 radical (unpaired) electrons. The van der Waals surface area contributed by atoms with Crippen molar-refractivity contribution in [2.75, 3.05) is 4.90 Å². The monoisotopic (exact) mass is 829 g/mol. The lowest BCUT2D eigenvalue weighted by Crippen LogP contribution is -2.16. The van der Waals surface area contributed by atoms with Gasteiger partial charge in [0, 0.05) is 38.6 Å². The third-order valence-electron chi connectivity index (χ3n) is 14.1. The van der Waals surface area contributed by atoms with Gasteiger partial charge in [-0.1, -0.05) is 178 Å². The fourth-order valence-electron chi connectivity index (χ4n) is 10.8. The summed E-state index contributed by atoms with van der Waals surface area (Å²) in [5.41, 5.74) is 17.6. The van der Waals surface area contributed by atoms with Gasteiger partial charge in [0.2, 0.25) is 0 Å². The van der Waals surface area contributed by atoms with Gasteiger partial charge in [0.05, 0.1) is 0 Å². The molecule has 12 aromatic rings. The van der Waals surface area contributed by atoms with Crippen molar-refractivity contribution < 1.29 is 4.42 Å². The van der Waals surface area contributed by atoms with Gasteiger partial charge in [-0.05, 0) is 143 Å². The van der Waals surface area contributed by atoms with Crippen molar-refractivity contribution in [1.29, 1.82) is 0 Å². The summed E-state index contributed by atoms with van der Waals surface area (Å²) in [6.07, 6.45) is 0. The van der Waals surface area contributed by atoms with Crippen molar-refractivity contribution in [3.8, 4) is 44.5 Å². The average molecular weight is 830 g/mol. The second-order valence-electron chi connectivity index (χ2n) is 18.0. The Morgan fingerprint density at radius 3 is 1.66 bits per heavy atom. The highest BCUT2D eigenvalue weighted by Gasteiger charge is 2.35. The number of fused-ring (bicyclic) bond motifs is 13. The lowest BCUT2D eigenvalue weighted by molar-refractivity contribution is 0.660. The lowest BCUT2D eigenvalue weighted by atomic mass is 9.82. The molecular weight excluding hydrogens is 787 g/mol. The molecule has 1 aliphatic rings. The zero-order valence-electron chi connectivity index (χ0n) is 36.2. The lowest BCUT2D eigenvalue weighted by Gasteiger charge is -2.28. The first-order valence-electron chi connectivity index (χ1n) is 22.6. The zero-order chi connectivity index (χ0) is 43.2. The molecule has 0 unspecified atom stereocenters. The molecule has 0 atom stereocenters. The van der Waals surface area contributed by atoms with Gasteiger partial charge in [-0.2, -0.15) is 0 Å². The third kappa shape index (κ3) is 5.88. The number of anilines is 3. The highest BCUT2D eigenvalue weighted by atomic mass is 16.3. The van der Waals surface area contributed by atoms with Crippen LogP contribution in [-0.4, -0.2) is 0 Å².